The summed E-state index contributed by atoms with van der Waals surface area (Å²) in [5.74, 6) is 0.0182. The van der Waals surface area contributed by atoms with Crippen molar-refractivity contribution >= 4 is 34.2 Å². The summed E-state index contributed by atoms with van der Waals surface area (Å²) in [5, 5.41) is 5.09. The van der Waals surface area contributed by atoms with Crippen molar-refractivity contribution in [2.24, 2.45) is 5.92 Å². The molecule has 0 aliphatic carbocycles. The molecule has 1 N–H and O–H groups in total. The van der Waals surface area contributed by atoms with Gasteiger partial charge in [-0.25, -0.2) is 0 Å². The fraction of sp³-hybridized carbons (Fsp3) is 0.306. The molecule has 1 aliphatic heterocycles. The summed E-state index contributed by atoms with van der Waals surface area (Å²) in [7, 11) is 0. The van der Waals surface area contributed by atoms with Gasteiger partial charge in [-0.15, -0.1) is 0 Å². The van der Waals surface area contributed by atoms with Gasteiger partial charge in [0.15, 0.2) is 0 Å². The van der Waals surface area contributed by atoms with Crippen LogP contribution in [0.4, 0.5) is 5.69 Å². The molecular formula is C36H39N3O3. The van der Waals surface area contributed by atoms with Crippen LogP contribution in [0.1, 0.15) is 53.7 Å². The molecule has 1 heterocycles. The third-order valence-electron chi connectivity index (χ3n) is 7.81. The Balaban J connectivity index is 1.37. The summed E-state index contributed by atoms with van der Waals surface area (Å²) < 4.78 is 0. The molecule has 1 unspecified atom stereocenters. The van der Waals surface area contributed by atoms with Crippen molar-refractivity contribution in [3.63, 3.8) is 0 Å². The summed E-state index contributed by atoms with van der Waals surface area (Å²) in [6.45, 7) is 7.44. The monoisotopic (exact) mass is 561 g/mol. The van der Waals surface area contributed by atoms with Gasteiger partial charge < -0.3 is 15.1 Å². The van der Waals surface area contributed by atoms with E-state index in [1.54, 1.807) is 9.80 Å². The van der Waals surface area contributed by atoms with Gasteiger partial charge in [-0.05, 0) is 47.9 Å². The maximum absolute atomic E-state index is 14.0. The number of rotatable bonds is 12. The zero-order valence-electron chi connectivity index (χ0n) is 24.7. The van der Waals surface area contributed by atoms with Crippen LogP contribution in [-0.4, -0.2) is 41.8 Å². The van der Waals surface area contributed by atoms with Crippen LogP contribution in [0.2, 0.25) is 0 Å². The second kappa shape index (κ2) is 13.0. The molecule has 0 aromatic heterocycles. The van der Waals surface area contributed by atoms with Gasteiger partial charge in [-0.1, -0.05) is 98.3 Å². The lowest BCUT2D eigenvalue weighted by atomic mass is 10.0. The van der Waals surface area contributed by atoms with Crippen molar-refractivity contribution in [3.8, 4) is 0 Å². The molecule has 0 saturated carbocycles. The summed E-state index contributed by atoms with van der Waals surface area (Å²) in [5.41, 5.74) is 4.69. The van der Waals surface area contributed by atoms with E-state index in [0.29, 0.717) is 44.0 Å². The number of nitrogens with zero attached hydrogens (tertiary/aromatic N) is 2. The Kier molecular flexibility index (Phi) is 9.01. The molecule has 4 aromatic carbocycles. The van der Waals surface area contributed by atoms with Gasteiger partial charge in [-0.3, -0.25) is 14.4 Å². The van der Waals surface area contributed by atoms with Gasteiger partial charge in [0.1, 0.15) is 6.04 Å². The highest BCUT2D eigenvalue weighted by Crippen LogP contribution is 2.37. The van der Waals surface area contributed by atoms with Crippen molar-refractivity contribution in [1.29, 1.82) is 0 Å². The maximum Gasteiger partial charge on any atom is 0.258 e. The number of carbonyl (C=O) groups is 3. The van der Waals surface area contributed by atoms with E-state index >= 15 is 0 Å². The number of hydrogen-bond donors (Lipinski definition) is 1. The Labute approximate surface area is 248 Å². The van der Waals surface area contributed by atoms with E-state index in [-0.39, 0.29) is 24.1 Å². The van der Waals surface area contributed by atoms with E-state index in [4.69, 9.17) is 0 Å². The molecule has 0 bridgehead atoms. The minimum atomic E-state index is -0.661. The minimum Gasteiger partial charge on any atom is -0.354 e. The average Bonchev–Trinajstić information content (AvgIpc) is 3.26. The molecule has 42 heavy (non-hydrogen) atoms. The van der Waals surface area contributed by atoms with Crippen LogP contribution in [0, 0.1) is 12.8 Å². The van der Waals surface area contributed by atoms with Crippen molar-refractivity contribution < 1.29 is 14.4 Å². The molecule has 3 amide bonds. The van der Waals surface area contributed by atoms with Gasteiger partial charge in [0.2, 0.25) is 11.8 Å². The first-order valence-corrected chi connectivity index (χ1v) is 14.8. The SMILES string of the molecule is Cc1cccc(CN(C(=O)CCCN2C(=O)c3cccc4cccc2c34)C(Cc2ccccc2)C(=O)NCC(C)C)c1. The molecular weight excluding hydrogens is 522 g/mol. The molecule has 4 aromatic rings. The predicted octanol–water partition coefficient (Wildman–Crippen LogP) is 6.30. The Morgan fingerprint density at radius 3 is 2.33 bits per heavy atom. The predicted molar refractivity (Wildman–Crippen MR) is 168 cm³/mol. The molecule has 216 valence electrons. The number of benzene rings is 4. The smallest absolute Gasteiger partial charge is 0.258 e. The van der Waals surface area contributed by atoms with Gasteiger partial charge in [0, 0.05) is 43.4 Å². The van der Waals surface area contributed by atoms with E-state index < -0.39 is 6.04 Å². The van der Waals surface area contributed by atoms with Crippen LogP contribution >= 0.6 is 0 Å². The van der Waals surface area contributed by atoms with Gasteiger partial charge >= 0.3 is 0 Å². The molecule has 0 radical (unpaired) electrons. The maximum atomic E-state index is 14.0. The van der Waals surface area contributed by atoms with Crippen molar-refractivity contribution in [2.45, 2.75) is 52.6 Å². The lowest BCUT2D eigenvalue weighted by Crippen LogP contribution is -2.51. The van der Waals surface area contributed by atoms with Crippen LogP contribution in [0.5, 0.6) is 0 Å². The lowest BCUT2D eigenvalue weighted by molar-refractivity contribution is -0.141. The topological polar surface area (TPSA) is 69.7 Å². The first kappa shape index (κ1) is 29.1. The first-order chi connectivity index (χ1) is 20.3. The fourth-order valence-corrected chi connectivity index (χ4v) is 5.72. The zero-order chi connectivity index (χ0) is 29.6. The average molecular weight is 562 g/mol. The Bertz CT molecular complexity index is 1580. The Hall–Kier alpha value is -4.45. The largest absolute Gasteiger partial charge is 0.354 e. The quantitative estimate of drug-likeness (QED) is 0.221. The van der Waals surface area contributed by atoms with Gasteiger partial charge in [0.05, 0.1) is 5.69 Å². The summed E-state index contributed by atoms with van der Waals surface area (Å²) >= 11 is 0. The highest BCUT2D eigenvalue weighted by Gasteiger charge is 2.32. The number of carbonyl (C=O) groups excluding carboxylic acids is 3. The number of hydrogen-bond acceptors (Lipinski definition) is 3. The molecule has 1 aliphatic rings. The normalized spacial score (nSPS) is 13.0. The van der Waals surface area contributed by atoms with Crippen LogP contribution in [-0.2, 0) is 22.6 Å². The Morgan fingerprint density at radius 1 is 0.881 bits per heavy atom. The van der Waals surface area contributed by atoms with Crippen molar-refractivity contribution in [2.75, 3.05) is 18.0 Å². The Morgan fingerprint density at radius 2 is 1.60 bits per heavy atom. The van der Waals surface area contributed by atoms with Crippen molar-refractivity contribution in [3.05, 3.63) is 113 Å². The molecule has 0 saturated heterocycles. The summed E-state index contributed by atoms with van der Waals surface area (Å²) in [6, 6.07) is 29.0. The third kappa shape index (κ3) is 6.54. The first-order valence-electron chi connectivity index (χ1n) is 14.8. The molecule has 1 atom stereocenters. The van der Waals surface area contributed by atoms with Gasteiger partial charge in [0.25, 0.3) is 5.91 Å². The summed E-state index contributed by atoms with van der Waals surface area (Å²) in [6.07, 6.45) is 1.14. The molecule has 0 fully saturated rings. The molecule has 5 rings (SSSR count). The number of anilines is 1. The van der Waals surface area contributed by atoms with Crippen molar-refractivity contribution in [1.82, 2.24) is 10.2 Å². The lowest BCUT2D eigenvalue weighted by Gasteiger charge is -2.32. The number of aryl methyl sites for hydroxylation is 1. The molecule has 0 spiro atoms. The summed E-state index contributed by atoms with van der Waals surface area (Å²) in [4.78, 5) is 44.5. The van der Waals surface area contributed by atoms with Crippen LogP contribution in [0.3, 0.4) is 0 Å². The van der Waals surface area contributed by atoms with E-state index in [0.717, 1.165) is 33.2 Å². The standard InChI is InChI=1S/C36H39N3O3/c1-25(2)23-37-35(41)32(22-27-12-5-4-6-13-27)39(24-28-14-7-11-26(3)21-28)33(40)19-10-20-38-31-18-9-16-29-15-8-17-30(34(29)31)36(38)42/h4-9,11-18,21,25,32H,10,19-20,22-24H2,1-3H3,(H,37,41). The second-order valence-electron chi connectivity index (χ2n) is 11.6. The third-order valence-corrected chi connectivity index (χ3v) is 7.81. The van der Waals surface area contributed by atoms with E-state index in [2.05, 4.69) is 25.2 Å². The molecule has 6 heteroatoms. The zero-order valence-corrected chi connectivity index (χ0v) is 24.7. The van der Waals surface area contributed by atoms with E-state index in [1.807, 2.05) is 91.9 Å². The van der Waals surface area contributed by atoms with Crippen LogP contribution in [0.15, 0.2) is 91.0 Å². The fourth-order valence-electron chi connectivity index (χ4n) is 5.72. The van der Waals surface area contributed by atoms with E-state index in [9.17, 15) is 14.4 Å². The highest BCUT2D eigenvalue weighted by molar-refractivity contribution is 6.25. The van der Waals surface area contributed by atoms with Crippen LogP contribution in [0.25, 0.3) is 10.8 Å². The van der Waals surface area contributed by atoms with Gasteiger partial charge in [-0.2, -0.15) is 0 Å². The van der Waals surface area contributed by atoms with E-state index in [1.165, 1.54) is 0 Å². The number of amides is 3. The number of nitrogens with one attached hydrogen (secondary N) is 1. The van der Waals surface area contributed by atoms with Crippen LogP contribution < -0.4 is 10.2 Å². The minimum absolute atomic E-state index is 0.0270. The molecule has 6 nitrogen and oxygen atoms in total. The second-order valence-corrected chi connectivity index (χ2v) is 11.6. The highest BCUT2D eigenvalue weighted by atomic mass is 16.2.